The Bertz CT molecular complexity index is 1250. The zero-order chi connectivity index (χ0) is 27.9. The lowest BCUT2D eigenvalue weighted by Gasteiger charge is -2.30. The van der Waals surface area contributed by atoms with Gasteiger partial charge >= 0.3 is 0 Å². The summed E-state index contributed by atoms with van der Waals surface area (Å²) in [6.07, 6.45) is 8.97. The summed E-state index contributed by atoms with van der Waals surface area (Å²) in [6.45, 7) is 14.1. The van der Waals surface area contributed by atoms with Crippen LogP contribution < -0.4 is 19.9 Å². The molecule has 208 valence electrons. The number of aromatic nitrogens is 3. The van der Waals surface area contributed by atoms with E-state index in [4.69, 9.17) is 4.74 Å². The van der Waals surface area contributed by atoms with Gasteiger partial charge in [0.25, 0.3) is 11.8 Å². The number of aromatic amines is 1. The average molecular weight is 534 g/mol. The first-order valence-corrected chi connectivity index (χ1v) is 13.5. The summed E-state index contributed by atoms with van der Waals surface area (Å²) in [5.41, 5.74) is 2.71. The number of fused-ring (bicyclic) bond motifs is 1. The minimum Gasteiger partial charge on any atom is -0.489 e. The van der Waals surface area contributed by atoms with Crippen LogP contribution in [0.5, 0.6) is 5.75 Å². The third-order valence-corrected chi connectivity index (χ3v) is 7.29. The number of likely N-dealkylation sites (N-methyl/N-ethyl adjacent to an activating group) is 2. The van der Waals surface area contributed by atoms with E-state index < -0.39 is 11.9 Å². The normalized spacial score (nSPS) is 20.8. The van der Waals surface area contributed by atoms with Crippen LogP contribution in [0.1, 0.15) is 43.6 Å². The molecule has 0 radical (unpaired) electrons. The van der Waals surface area contributed by atoms with Crippen LogP contribution in [0.3, 0.4) is 0 Å². The molecular weight excluding hydrogens is 494 g/mol. The summed E-state index contributed by atoms with van der Waals surface area (Å²) in [4.78, 5) is 37.1. The maximum Gasteiger partial charge on any atom is 0.291 e. The van der Waals surface area contributed by atoms with Crippen LogP contribution >= 0.6 is 0 Å². The summed E-state index contributed by atoms with van der Waals surface area (Å²) in [5.74, 6) is 0.310. The van der Waals surface area contributed by atoms with Crippen LogP contribution in [0.15, 0.2) is 54.7 Å². The fourth-order valence-electron chi connectivity index (χ4n) is 5.01. The van der Waals surface area contributed by atoms with Crippen molar-refractivity contribution in [3.05, 3.63) is 66.3 Å². The average Bonchev–Trinajstić information content (AvgIpc) is 3.27. The van der Waals surface area contributed by atoms with Gasteiger partial charge in [-0.25, -0.2) is 4.98 Å². The van der Waals surface area contributed by atoms with Crippen LogP contribution in [0, 0.1) is 0 Å². The van der Waals surface area contributed by atoms with Crippen molar-refractivity contribution in [2.75, 3.05) is 49.6 Å². The Hall–Kier alpha value is -3.92. The van der Waals surface area contributed by atoms with Gasteiger partial charge in [-0.1, -0.05) is 37.8 Å². The molecule has 3 heterocycles. The van der Waals surface area contributed by atoms with Gasteiger partial charge in [-0.15, -0.1) is 5.10 Å². The van der Waals surface area contributed by atoms with Crippen LogP contribution in [-0.2, 0) is 11.2 Å². The quantitative estimate of drug-likeness (QED) is 0.502. The largest absolute Gasteiger partial charge is 0.489 e. The second-order valence-electron chi connectivity index (χ2n) is 9.91. The number of carbonyl (C=O) groups excluding carboxylic acids is 2. The highest BCUT2D eigenvalue weighted by molar-refractivity contribution is 6.02. The van der Waals surface area contributed by atoms with Gasteiger partial charge in [0.15, 0.2) is 0 Å². The molecule has 1 aromatic carbocycles. The highest BCUT2D eigenvalue weighted by atomic mass is 16.5. The molecular formula is C29H39N7O3. The fraction of sp³-hybridized carbons (Fsp3) is 0.448. The number of nitrogens with one attached hydrogen (secondary N) is 2. The zero-order valence-electron chi connectivity index (χ0n) is 23.3. The van der Waals surface area contributed by atoms with E-state index in [-0.39, 0.29) is 18.3 Å². The highest BCUT2D eigenvalue weighted by Gasteiger charge is 2.32. The Morgan fingerprint density at radius 3 is 2.87 bits per heavy atom. The van der Waals surface area contributed by atoms with Gasteiger partial charge in [0, 0.05) is 44.8 Å². The highest BCUT2D eigenvalue weighted by Crippen LogP contribution is 2.35. The third kappa shape index (κ3) is 6.57. The Morgan fingerprint density at radius 2 is 2.13 bits per heavy atom. The number of nitrogens with zero attached hydrogens (tertiary/aromatic N) is 5. The first kappa shape index (κ1) is 28.1. The molecule has 1 fully saturated rings. The topological polar surface area (TPSA) is 107 Å². The van der Waals surface area contributed by atoms with Gasteiger partial charge in [0.05, 0.1) is 5.69 Å². The van der Waals surface area contributed by atoms with E-state index in [1.54, 1.807) is 18.0 Å². The van der Waals surface area contributed by atoms with E-state index in [9.17, 15) is 9.59 Å². The second kappa shape index (κ2) is 12.8. The monoisotopic (exact) mass is 533 g/mol. The molecule has 0 saturated carbocycles. The maximum atomic E-state index is 13.4. The molecule has 1 saturated heterocycles. The molecule has 39 heavy (non-hydrogen) atoms. The summed E-state index contributed by atoms with van der Waals surface area (Å²) in [5, 5.41) is 9.61. The van der Waals surface area contributed by atoms with E-state index in [2.05, 4.69) is 50.7 Å². The van der Waals surface area contributed by atoms with Crippen molar-refractivity contribution >= 4 is 23.2 Å². The lowest BCUT2D eigenvalue weighted by atomic mass is 10.1. The summed E-state index contributed by atoms with van der Waals surface area (Å²) >= 11 is 0. The van der Waals surface area contributed by atoms with E-state index in [0.717, 1.165) is 43.9 Å². The number of rotatable bonds is 8. The Kier molecular flexibility index (Phi) is 9.19. The lowest BCUT2D eigenvalue weighted by molar-refractivity contribution is -0.120. The molecule has 2 amide bonds. The second-order valence-corrected chi connectivity index (χ2v) is 9.91. The fourth-order valence-corrected chi connectivity index (χ4v) is 5.01. The van der Waals surface area contributed by atoms with Crippen molar-refractivity contribution < 1.29 is 14.3 Å². The van der Waals surface area contributed by atoms with Crippen LogP contribution in [0.25, 0.3) is 0 Å². The predicted molar refractivity (Wildman–Crippen MR) is 153 cm³/mol. The number of allylic oxidation sites excluding steroid dienone is 5. The van der Waals surface area contributed by atoms with Crippen molar-refractivity contribution in [3.8, 4) is 5.75 Å². The van der Waals surface area contributed by atoms with Crippen molar-refractivity contribution in [2.24, 2.45) is 0 Å². The molecule has 10 nitrogen and oxygen atoms in total. The number of hydrogen-bond donors (Lipinski definition) is 2. The number of carbonyl (C=O) groups is 2. The number of H-pyrrole nitrogens is 1. The minimum atomic E-state index is -0.880. The zero-order valence-corrected chi connectivity index (χ0v) is 23.3. The van der Waals surface area contributed by atoms with Crippen molar-refractivity contribution in [1.82, 2.24) is 25.4 Å². The van der Waals surface area contributed by atoms with Crippen LogP contribution in [0.4, 0.5) is 11.4 Å². The molecule has 2 atom stereocenters. The van der Waals surface area contributed by atoms with Crippen molar-refractivity contribution in [1.29, 1.82) is 0 Å². The summed E-state index contributed by atoms with van der Waals surface area (Å²) in [7, 11) is 1.71. The molecule has 2 aliphatic heterocycles. The van der Waals surface area contributed by atoms with Gasteiger partial charge in [0.1, 0.15) is 24.2 Å². The number of ether oxygens (including phenoxy) is 1. The van der Waals surface area contributed by atoms with Gasteiger partial charge in [-0.2, -0.15) is 0 Å². The molecule has 0 bridgehead atoms. The molecule has 10 heteroatoms. The first-order valence-electron chi connectivity index (χ1n) is 13.5. The van der Waals surface area contributed by atoms with Crippen LogP contribution in [0.2, 0.25) is 0 Å². The van der Waals surface area contributed by atoms with Gasteiger partial charge < -0.3 is 24.8 Å². The van der Waals surface area contributed by atoms with E-state index >= 15 is 0 Å². The van der Waals surface area contributed by atoms with Crippen molar-refractivity contribution in [3.63, 3.8) is 0 Å². The molecule has 2 N–H and O–H groups in total. The smallest absolute Gasteiger partial charge is 0.291 e. The molecule has 4 rings (SSSR count). The van der Waals surface area contributed by atoms with Gasteiger partial charge in [0.2, 0.25) is 5.82 Å². The Balaban J connectivity index is 1.45. The van der Waals surface area contributed by atoms with Gasteiger partial charge in [-0.3, -0.25) is 14.7 Å². The molecule has 2 aliphatic rings. The number of benzene rings is 1. The lowest BCUT2D eigenvalue weighted by Crippen LogP contribution is -2.49. The number of amides is 2. The predicted octanol–water partition coefficient (Wildman–Crippen LogP) is 3.11. The molecule has 0 spiro atoms. The maximum absolute atomic E-state index is 13.4. The third-order valence-electron chi connectivity index (χ3n) is 7.29. The van der Waals surface area contributed by atoms with Crippen LogP contribution in [-0.4, -0.2) is 83.8 Å². The van der Waals surface area contributed by atoms with Crippen molar-refractivity contribution in [2.45, 2.75) is 45.7 Å². The molecule has 2 unspecified atom stereocenters. The standard InChI is InChI=1S/C29H39N7O3/c1-6-9-21(10-7-2)17-26-31-27(33-32-26)28(37)30-23-19-39-25-12-11-22(18-24(25)34(5)29(23)38)36-16-15-35(8-3)14-13-20(36)4/h6-7,9-12,18,20,23H,1,8,13-17,19H2,2-5H3,(H,30,37)(H,31,32,33)/b10-7-,21-9+. The molecule has 1 aromatic heterocycles. The van der Waals surface area contributed by atoms with Gasteiger partial charge in [-0.05, 0) is 50.6 Å². The molecule has 0 aliphatic carbocycles. The minimum absolute atomic E-state index is 0.0115. The van der Waals surface area contributed by atoms with E-state index in [1.807, 2.05) is 43.4 Å². The van der Waals surface area contributed by atoms with E-state index in [1.165, 1.54) is 0 Å². The first-order chi connectivity index (χ1) is 18.8. The molecule has 2 aromatic rings. The summed E-state index contributed by atoms with van der Waals surface area (Å²) in [6, 6.07) is 5.47. The summed E-state index contributed by atoms with van der Waals surface area (Å²) < 4.78 is 6.00. The SMILES string of the molecule is C=C/C=C(\C=C/C)Cc1nc(C(=O)NC2COc3ccc(N4CCN(CC)CCC4C)cc3N(C)C2=O)n[nH]1. The Labute approximate surface area is 230 Å². The van der Waals surface area contributed by atoms with E-state index in [0.29, 0.717) is 29.7 Å². The number of anilines is 2. The Morgan fingerprint density at radius 1 is 1.31 bits per heavy atom. The number of hydrogen-bond acceptors (Lipinski definition) is 7.